The highest BCUT2D eigenvalue weighted by Crippen LogP contribution is 2.23. The SMILES string of the molecule is CCNC(=NCC(=O)N(C)C)N(C)Cc1ccc(Cl)c(Cl)c1. The summed E-state index contributed by atoms with van der Waals surface area (Å²) in [6, 6.07) is 5.51. The van der Waals surface area contributed by atoms with E-state index in [1.54, 1.807) is 20.2 Å². The molecule has 0 aliphatic heterocycles. The van der Waals surface area contributed by atoms with Crippen LogP contribution < -0.4 is 5.32 Å². The van der Waals surface area contributed by atoms with Gasteiger partial charge in [-0.25, -0.2) is 4.99 Å². The summed E-state index contributed by atoms with van der Waals surface area (Å²) in [5, 5.41) is 4.23. The third-order valence-electron chi connectivity index (χ3n) is 2.96. The van der Waals surface area contributed by atoms with E-state index < -0.39 is 0 Å². The molecule has 22 heavy (non-hydrogen) atoms. The number of halogens is 2. The maximum atomic E-state index is 11.7. The number of nitrogens with one attached hydrogen (secondary N) is 1. The number of carbonyl (C=O) groups excluding carboxylic acids is 1. The van der Waals surface area contributed by atoms with E-state index >= 15 is 0 Å². The smallest absolute Gasteiger partial charge is 0.243 e. The van der Waals surface area contributed by atoms with Gasteiger partial charge < -0.3 is 15.1 Å². The Morgan fingerprint density at radius 2 is 1.91 bits per heavy atom. The third-order valence-corrected chi connectivity index (χ3v) is 3.70. The lowest BCUT2D eigenvalue weighted by Crippen LogP contribution is -2.39. The Hall–Kier alpha value is -1.46. The van der Waals surface area contributed by atoms with Gasteiger partial charge in [0.2, 0.25) is 5.91 Å². The van der Waals surface area contributed by atoms with Crippen molar-refractivity contribution in [1.29, 1.82) is 0 Å². The molecule has 0 bridgehead atoms. The van der Waals surface area contributed by atoms with Gasteiger partial charge in [-0.15, -0.1) is 0 Å². The number of hydrogen-bond acceptors (Lipinski definition) is 2. The van der Waals surface area contributed by atoms with Crippen LogP contribution in [0.25, 0.3) is 0 Å². The molecule has 1 aromatic rings. The van der Waals surface area contributed by atoms with Gasteiger partial charge in [0, 0.05) is 34.2 Å². The highest BCUT2D eigenvalue weighted by molar-refractivity contribution is 6.42. The van der Waals surface area contributed by atoms with Gasteiger partial charge in [0.15, 0.2) is 5.96 Å². The minimum atomic E-state index is -0.0432. The minimum Gasteiger partial charge on any atom is -0.357 e. The van der Waals surface area contributed by atoms with Crippen LogP contribution >= 0.6 is 23.2 Å². The van der Waals surface area contributed by atoms with Crippen LogP contribution in [0, 0.1) is 0 Å². The van der Waals surface area contributed by atoms with Gasteiger partial charge in [-0.1, -0.05) is 29.3 Å². The zero-order valence-electron chi connectivity index (χ0n) is 13.4. The monoisotopic (exact) mass is 344 g/mol. The molecule has 0 aromatic heterocycles. The number of benzene rings is 1. The van der Waals surface area contributed by atoms with Crippen molar-refractivity contribution in [3.8, 4) is 0 Å². The second-order valence-corrected chi connectivity index (χ2v) is 5.88. The van der Waals surface area contributed by atoms with Crippen LogP contribution in [0.2, 0.25) is 10.0 Å². The Balaban J connectivity index is 2.79. The standard InChI is InChI=1S/C15H22Cl2N4O/c1-5-18-15(19-9-14(22)20(2)3)21(4)10-11-6-7-12(16)13(17)8-11/h6-8H,5,9-10H2,1-4H3,(H,18,19). The number of hydrogen-bond donors (Lipinski definition) is 1. The molecule has 0 fully saturated rings. The predicted octanol–water partition coefficient (Wildman–Crippen LogP) is 2.48. The zero-order valence-corrected chi connectivity index (χ0v) is 14.9. The highest BCUT2D eigenvalue weighted by Gasteiger charge is 2.09. The van der Waals surface area contributed by atoms with Crippen molar-refractivity contribution >= 4 is 35.1 Å². The van der Waals surface area contributed by atoms with Crippen LogP contribution in [0.1, 0.15) is 12.5 Å². The number of aliphatic imine (C=N–C) groups is 1. The van der Waals surface area contributed by atoms with Gasteiger partial charge in [-0.05, 0) is 24.6 Å². The fraction of sp³-hybridized carbons (Fsp3) is 0.467. The number of likely N-dealkylation sites (N-methyl/N-ethyl adjacent to an activating group) is 1. The summed E-state index contributed by atoms with van der Waals surface area (Å²) in [4.78, 5) is 19.5. The number of amides is 1. The first-order valence-corrected chi connectivity index (χ1v) is 7.74. The third kappa shape index (κ3) is 5.73. The van der Waals surface area contributed by atoms with E-state index in [-0.39, 0.29) is 12.5 Å². The molecule has 122 valence electrons. The summed E-state index contributed by atoms with van der Waals surface area (Å²) in [7, 11) is 5.33. The van der Waals surface area contributed by atoms with Crippen molar-refractivity contribution < 1.29 is 4.79 Å². The molecule has 0 saturated heterocycles. The normalized spacial score (nSPS) is 11.3. The van der Waals surface area contributed by atoms with Crippen LogP contribution in [-0.4, -0.2) is 55.9 Å². The molecule has 1 amide bonds. The molecule has 1 aromatic carbocycles. The van der Waals surface area contributed by atoms with E-state index in [0.29, 0.717) is 22.5 Å². The maximum Gasteiger partial charge on any atom is 0.243 e. The average molecular weight is 345 g/mol. The minimum absolute atomic E-state index is 0.0432. The number of carbonyl (C=O) groups is 1. The van der Waals surface area contributed by atoms with Crippen molar-refractivity contribution in [3.05, 3.63) is 33.8 Å². The van der Waals surface area contributed by atoms with Gasteiger partial charge in [0.25, 0.3) is 0 Å². The van der Waals surface area contributed by atoms with Crippen molar-refractivity contribution in [2.75, 3.05) is 34.2 Å². The molecule has 0 aliphatic rings. The Morgan fingerprint density at radius 3 is 2.45 bits per heavy atom. The second kappa shape index (κ2) is 8.86. The van der Waals surface area contributed by atoms with Gasteiger partial charge >= 0.3 is 0 Å². The number of nitrogens with zero attached hydrogens (tertiary/aromatic N) is 3. The molecule has 0 aliphatic carbocycles. The first kappa shape index (κ1) is 18.6. The quantitative estimate of drug-likeness (QED) is 0.659. The van der Waals surface area contributed by atoms with E-state index in [9.17, 15) is 4.79 Å². The van der Waals surface area contributed by atoms with Gasteiger partial charge in [0.1, 0.15) is 6.54 Å². The topological polar surface area (TPSA) is 47.9 Å². The lowest BCUT2D eigenvalue weighted by Gasteiger charge is -2.22. The molecule has 0 saturated carbocycles. The molecule has 0 radical (unpaired) electrons. The van der Waals surface area contributed by atoms with E-state index in [1.807, 2.05) is 31.0 Å². The summed E-state index contributed by atoms with van der Waals surface area (Å²) >= 11 is 11.9. The molecule has 1 N–H and O–H groups in total. The first-order valence-electron chi connectivity index (χ1n) is 6.98. The maximum absolute atomic E-state index is 11.7. The molecule has 5 nitrogen and oxygen atoms in total. The number of guanidine groups is 1. The second-order valence-electron chi connectivity index (χ2n) is 5.06. The van der Waals surface area contributed by atoms with Crippen molar-refractivity contribution in [2.45, 2.75) is 13.5 Å². The van der Waals surface area contributed by atoms with Crippen LogP contribution in [0.5, 0.6) is 0 Å². The van der Waals surface area contributed by atoms with Crippen LogP contribution in [0.4, 0.5) is 0 Å². The zero-order chi connectivity index (χ0) is 16.7. The average Bonchev–Trinajstić information content (AvgIpc) is 2.46. The fourth-order valence-electron chi connectivity index (χ4n) is 1.74. The van der Waals surface area contributed by atoms with Gasteiger partial charge in [0.05, 0.1) is 10.0 Å². The Morgan fingerprint density at radius 1 is 1.23 bits per heavy atom. The Labute approximate surface area is 141 Å². The van der Waals surface area contributed by atoms with Crippen LogP contribution in [-0.2, 0) is 11.3 Å². The molecule has 7 heteroatoms. The molecule has 0 unspecified atom stereocenters. The van der Waals surface area contributed by atoms with Crippen LogP contribution in [0.15, 0.2) is 23.2 Å². The Bertz CT molecular complexity index is 546. The summed E-state index contributed by atoms with van der Waals surface area (Å²) in [6.45, 7) is 3.43. The van der Waals surface area contributed by atoms with Gasteiger partial charge in [-0.2, -0.15) is 0 Å². The first-order chi connectivity index (χ1) is 10.3. The molecular formula is C15H22Cl2N4O. The van der Waals surface area contributed by atoms with E-state index in [2.05, 4.69) is 10.3 Å². The molecule has 0 heterocycles. The summed E-state index contributed by atoms with van der Waals surface area (Å²) in [5.74, 6) is 0.627. The van der Waals surface area contributed by atoms with Crippen molar-refractivity contribution in [2.24, 2.45) is 4.99 Å². The molecular weight excluding hydrogens is 323 g/mol. The molecule has 0 spiro atoms. The molecule has 1 rings (SSSR count). The number of rotatable bonds is 5. The summed E-state index contributed by atoms with van der Waals surface area (Å²) in [5.41, 5.74) is 1.02. The fourth-order valence-corrected chi connectivity index (χ4v) is 2.06. The van der Waals surface area contributed by atoms with E-state index in [4.69, 9.17) is 23.2 Å². The Kier molecular flexibility index (Phi) is 7.48. The summed E-state index contributed by atoms with van der Waals surface area (Å²) < 4.78 is 0. The predicted molar refractivity (Wildman–Crippen MR) is 92.6 cm³/mol. The van der Waals surface area contributed by atoms with Crippen molar-refractivity contribution in [1.82, 2.24) is 15.1 Å². The van der Waals surface area contributed by atoms with Gasteiger partial charge in [-0.3, -0.25) is 4.79 Å². The molecule has 0 atom stereocenters. The van der Waals surface area contributed by atoms with Crippen LogP contribution in [0.3, 0.4) is 0 Å². The lowest BCUT2D eigenvalue weighted by molar-refractivity contribution is -0.127. The van der Waals surface area contributed by atoms with E-state index in [0.717, 1.165) is 12.1 Å². The highest BCUT2D eigenvalue weighted by atomic mass is 35.5. The lowest BCUT2D eigenvalue weighted by atomic mass is 10.2. The largest absolute Gasteiger partial charge is 0.357 e. The van der Waals surface area contributed by atoms with Crippen molar-refractivity contribution in [3.63, 3.8) is 0 Å². The van der Waals surface area contributed by atoms with E-state index in [1.165, 1.54) is 4.90 Å². The summed E-state index contributed by atoms with van der Waals surface area (Å²) in [6.07, 6.45) is 0.